The molecule has 0 saturated carbocycles. The van der Waals surface area contributed by atoms with Crippen LogP contribution in [0.25, 0.3) is 12.2 Å². The number of aromatic nitrogens is 2. The van der Waals surface area contributed by atoms with Crippen molar-refractivity contribution in [1.29, 1.82) is 0 Å². The van der Waals surface area contributed by atoms with Crippen molar-refractivity contribution in [2.45, 2.75) is 84.2 Å². The summed E-state index contributed by atoms with van der Waals surface area (Å²) in [5.74, 6) is -2.28. The van der Waals surface area contributed by atoms with Crippen molar-refractivity contribution in [3.05, 3.63) is 104 Å². The summed E-state index contributed by atoms with van der Waals surface area (Å²) >= 11 is 0. The van der Waals surface area contributed by atoms with Gasteiger partial charge in [-0.25, -0.2) is 0 Å². The van der Waals surface area contributed by atoms with Crippen molar-refractivity contribution in [3.8, 4) is 0 Å². The molecule has 2 aliphatic heterocycles. The van der Waals surface area contributed by atoms with Crippen LogP contribution in [0, 0.1) is 13.8 Å². The number of amides is 2. The van der Waals surface area contributed by atoms with Gasteiger partial charge < -0.3 is 61.5 Å². The number of aromatic amines is 2. The SMILES string of the molecule is C=CC1=C(C)/C(=C/c2[nH]c(Cc3[nH]c(/C=C4\NC(=O)C(C)=C4C=C)c(C)c3CCC(=O)O)c(CCC(=O)O)c2C)NC1=O.OC[C@@H](O)[C@@H](O)[C@H](O)[C@H](O)CO. The van der Waals surface area contributed by atoms with Gasteiger partial charge in [0.05, 0.1) is 18.9 Å². The lowest BCUT2D eigenvalue weighted by molar-refractivity contribution is -0.138. The van der Waals surface area contributed by atoms with Crippen LogP contribution < -0.4 is 10.6 Å². The largest absolute Gasteiger partial charge is 0.481 e. The van der Waals surface area contributed by atoms with E-state index in [1.807, 2.05) is 32.9 Å². The maximum Gasteiger partial charge on any atom is 0.303 e. The molecule has 4 rings (SSSR count). The number of H-pyrrole nitrogens is 2. The molecular formula is C39H50N4O12. The second-order valence-corrected chi connectivity index (χ2v) is 13.2. The van der Waals surface area contributed by atoms with Gasteiger partial charge >= 0.3 is 11.9 Å². The van der Waals surface area contributed by atoms with Crippen LogP contribution in [-0.2, 0) is 38.4 Å². The molecule has 2 aromatic heterocycles. The van der Waals surface area contributed by atoms with Crippen LogP contribution in [0.3, 0.4) is 0 Å². The van der Waals surface area contributed by atoms with Crippen LogP contribution >= 0.6 is 0 Å². The van der Waals surface area contributed by atoms with Crippen LogP contribution in [0.15, 0.2) is 59.0 Å². The lowest BCUT2D eigenvalue weighted by Gasteiger charge is -2.24. The Kier molecular flexibility index (Phi) is 15.4. The van der Waals surface area contributed by atoms with E-state index in [0.29, 0.717) is 34.5 Å². The molecule has 0 fully saturated rings. The first-order chi connectivity index (χ1) is 25.9. The Morgan fingerprint density at radius 3 is 1.45 bits per heavy atom. The Morgan fingerprint density at radius 2 is 1.07 bits per heavy atom. The number of aliphatic hydroxyl groups is 6. The number of hydrogen-bond donors (Lipinski definition) is 12. The molecule has 55 heavy (non-hydrogen) atoms. The van der Waals surface area contributed by atoms with Gasteiger partial charge in [-0.1, -0.05) is 25.3 Å². The van der Waals surface area contributed by atoms with E-state index < -0.39 is 49.6 Å². The molecule has 16 nitrogen and oxygen atoms in total. The van der Waals surface area contributed by atoms with Gasteiger partial charge in [0.2, 0.25) is 0 Å². The first kappa shape index (κ1) is 44.0. The highest BCUT2D eigenvalue weighted by molar-refractivity contribution is 6.03. The van der Waals surface area contributed by atoms with Gasteiger partial charge in [-0.2, -0.15) is 0 Å². The molecule has 0 saturated heterocycles. The highest BCUT2D eigenvalue weighted by atomic mass is 16.4. The Morgan fingerprint density at radius 1 is 0.655 bits per heavy atom. The highest BCUT2D eigenvalue weighted by Crippen LogP contribution is 2.31. The second-order valence-electron chi connectivity index (χ2n) is 13.2. The number of hydrogen-bond acceptors (Lipinski definition) is 10. The van der Waals surface area contributed by atoms with Gasteiger partial charge in [-0.15, -0.1) is 0 Å². The van der Waals surface area contributed by atoms with E-state index in [9.17, 15) is 29.4 Å². The number of nitrogens with one attached hydrogen (secondary N) is 4. The molecule has 298 valence electrons. The number of carboxylic acid groups (broad SMARTS) is 2. The minimum absolute atomic E-state index is 0.0688. The van der Waals surface area contributed by atoms with Crippen molar-refractivity contribution >= 4 is 35.9 Å². The second kappa shape index (κ2) is 19.3. The summed E-state index contributed by atoms with van der Waals surface area (Å²) in [4.78, 5) is 54.5. The minimum Gasteiger partial charge on any atom is -0.481 e. The molecule has 0 bridgehead atoms. The zero-order chi connectivity index (χ0) is 41.3. The first-order valence-electron chi connectivity index (χ1n) is 17.4. The number of carbonyl (C=O) groups is 4. The fourth-order valence-corrected chi connectivity index (χ4v) is 6.28. The van der Waals surface area contributed by atoms with Gasteiger partial charge in [0.25, 0.3) is 11.8 Å². The zero-order valence-electron chi connectivity index (χ0n) is 31.2. The van der Waals surface area contributed by atoms with E-state index >= 15 is 0 Å². The third-order valence-corrected chi connectivity index (χ3v) is 9.63. The summed E-state index contributed by atoms with van der Waals surface area (Å²) in [6, 6.07) is 0. The van der Waals surface area contributed by atoms with Gasteiger partial charge in [0.1, 0.15) is 24.4 Å². The summed E-state index contributed by atoms with van der Waals surface area (Å²) in [6.07, 6.45) is 1.19. The van der Waals surface area contributed by atoms with Crippen LogP contribution in [0.5, 0.6) is 0 Å². The third-order valence-electron chi connectivity index (χ3n) is 9.63. The number of carboxylic acids is 2. The molecule has 4 heterocycles. The van der Waals surface area contributed by atoms with Crippen molar-refractivity contribution in [2.75, 3.05) is 13.2 Å². The third kappa shape index (κ3) is 10.4. The predicted octanol–water partition coefficient (Wildman–Crippen LogP) is 0.946. The Labute approximate surface area is 317 Å². The van der Waals surface area contributed by atoms with Crippen LogP contribution in [0.1, 0.15) is 71.7 Å². The van der Waals surface area contributed by atoms with Crippen molar-refractivity contribution in [2.24, 2.45) is 0 Å². The average molecular weight is 767 g/mol. The maximum atomic E-state index is 12.3. The van der Waals surface area contributed by atoms with E-state index in [4.69, 9.17) is 30.6 Å². The highest BCUT2D eigenvalue weighted by Gasteiger charge is 2.29. The minimum atomic E-state index is -1.67. The van der Waals surface area contributed by atoms with Crippen molar-refractivity contribution in [3.63, 3.8) is 0 Å². The first-order valence-corrected chi connectivity index (χ1v) is 17.4. The van der Waals surface area contributed by atoms with E-state index in [-0.39, 0.29) is 37.5 Å². The molecular weight excluding hydrogens is 716 g/mol. The Bertz CT molecular complexity index is 1950. The summed E-state index contributed by atoms with van der Waals surface area (Å²) in [5, 5.41) is 76.8. The molecule has 16 heteroatoms. The van der Waals surface area contributed by atoms with Gasteiger partial charge in [0, 0.05) is 64.5 Å². The molecule has 0 aliphatic carbocycles. The Balaban J connectivity index is 0.000000583. The molecule has 2 amide bonds. The molecule has 2 aromatic rings. The fraction of sp³-hybridized carbons (Fsp3) is 0.385. The quantitative estimate of drug-likeness (QED) is 0.107. The summed E-state index contributed by atoms with van der Waals surface area (Å²) in [5.41, 5.74) is 10.2. The molecule has 0 unspecified atom stereocenters. The smallest absolute Gasteiger partial charge is 0.303 e. The Hall–Kier alpha value is -5.36. The van der Waals surface area contributed by atoms with Crippen LogP contribution in [-0.4, -0.2) is 112 Å². The monoisotopic (exact) mass is 766 g/mol. The van der Waals surface area contributed by atoms with Gasteiger partial charge in [-0.05, 0) is 80.5 Å². The fourth-order valence-electron chi connectivity index (χ4n) is 6.28. The van der Waals surface area contributed by atoms with Gasteiger partial charge in [0.15, 0.2) is 0 Å². The van der Waals surface area contributed by atoms with E-state index in [2.05, 4.69) is 33.8 Å². The lowest BCUT2D eigenvalue weighted by Crippen LogP contribution is -2.46. The predicted molar refractivity (Wildman–Crippen MR) is 202 cm³/mol. The van der Waals surface area contributed by atoms with Crippen molar-refractivity contribution < 1.29 is 60.0 Å². The van der Waals surface area contributed by atoms with E-state index in [1.165, 1.54) is 6.08 Å². The summed E-state index contributed by atoms with van der Waals surface area (Å²) < 4.78 is 0. The van der Waals surface area contributed by atoms with Crippen LogP contribution in [0.2, 0.25) is 0 Å². The summed E-state index contributed by atoms with van der Waals surface area (Å²) in [7, 11) is 0. The number of rotatable bonds is 17. The molecule has 0 radical (unpaired) electrons. The van der Waals surface area contributed by atoms with E-state index in [1.54, 1.807) is 13.0 Å². The molecule has 2 aliphatic rings. The van der Waals surface area contributed by atoms with Gasteiger partial charge in [-0.3, -0.25) is 19.2 Å². The number of allylic oxidation sites excluding steroid dienone is 2. The number of aliphatic carboxylic acids is 2. The zero-order valence-corrected chi connectivity index (χ0v) is 31.2. The molecule has 12 N–H and O–H groups in total. The normalized spacial score (nSPS) is 17.9. The standard InChI is InChI=1S/C33H36N4O6.C6H14O6/c1-7-20-19(6)32(42)37-27(20)14-25-18(5)23(10-12-31(40)41)29(35-25)15-28-22(9-11-30(38)39)17(4)24(34-28)13-26-16(3)21(8-2)33(43)36-26;7-1-3(9)5(11)6(12)4(10)2-8/h7-8,13-14,34-35H,1-2,9-12,15H2,3-6H3,(H,36,43)(H,37,42)(H,38,39)(H,40,41);3-12H,1-2H2/b26-13-,27-14-;/t;3-,4-,5-,6-/m.1/s1. The topological polar surface area (TPSA) is 286 Å². The lowest BCUT2D eigenvalue weighted by atomic mass is 9.98. The van der Waals surface area contributed by atoms with E-state index in [0.717, 1.165) is 50.6 Å². The number of aliphatic hydroxyl groups excluding tert-OH is 6. The van der Waals surface area contributed by atoms with Crippen molar-refractivity contribution in [1.82, 2.24) is 20.6 Å². The summed E-state index contributed by atoms with van der Waals surface area (Å²) in [6.45, 7) is 13.5. The maximum absolute atomic E-state index is 12.3. The average Bonchev–Trinajstić information content (AvgIpc) is 3.79. The molecule has 0 spiro atoms. The van der Waals surface area contributed by atoms with Crippen LogP contribution in [0.4, 0.5) is 0 Å². The molecule has 4 atom stereocenters. The number of carbonyl (C=O) groups excluding carboxylic acids is 2. The molecule has 0 aromatic carbocycles.